The molecule has 0 radical (unpaired) electrons. The molecule has 0 N–H and O–H groups in total. The molecule has 3 aromatic rings. The van der Waals surface area contributed by atoms with Crippen LogP contribution in [0.1, 0.15) is 5.69 Å². The van der Waals surface area contributed by atoms with Gasteiger partial charge in [0, 0.05) is 24.0 Å². The molecule has 3 heterocycles. The molecule has 0 aromatic carbocycles. The molecule has 4 nitrogen and oxygen atoms in total. The van der Waals surface area contributed by atoms with Crippen molar-refractivity contribution in [3.8, 4) is 11.5 Å². The van der Waals surface area contributed by atoms with E-state index in [9.17, 15) is 0 Å². The lowest BCUT2D eigenvalue weighted by Crippen LogP contribution is -2.01. The highest BCUT2D eigenvalue weighted by atomic mass is 32.1. The molecule has 0 saturated heterocycles. The summed E-state index contributed by atoms with van der Waals surface area (Å²) >= 11 is 1.60. The molecule has 0 aliphatic heterocycles. The molecule has 0 unspecified atom stereocenters. The van der Waals surface area contributed by atoms with Gasteiger partial charge >= 0.3 is 0 Å². The summed E-state index contributed by atoms with van der Waals surface area (Å²) in [5.41, 5.74) is 3.77. The van der Waals surface area contributed by atoms with Crippen molar-refractivity contribution in [2.75, 3.05) is 0 Å². The molecule has 17 heavy (non-hydrogen) atoms. The lowest BCUT2D eigenvalue weighted by atomic mass is 10.3. The SMILES string of the molecule is c1ccc(-c2nccn2Cc2cscn2)nc1. The molecule has 0 aliphatic carbocycles. The van der Waals surface area contributed by atoms with Gasteiger partial charge in [0.1, 0.15) is 5.69 Å². The highest BCUT2D eigenvalue weighted by Crippen LogP contribution is 2.15. The number of pyridine rings is 1. The van der Waals surface area contributed by atoms with Crippen molar-refractivity contribution < 1.29 is 0 Å². The Morgan fingerprint density at radius 3 is 2.88 bits per heavy atom. The Bertz CT molecular complexity index is 586. The Hall–Kier alpha value is -2.01. The van der Waals surface area contributed by atoms with Crippen molar-refractivity contribution in [1.29, 1.82) is 0 Å². The highest BCUT2D eigenvalue weighted by Gasteiger charge is 2.07. The molecule has 0 saturated carbocycles. The van der Waals surface area contributed by atoms with Gasteiger partial charge < -0.3 is 4.57 Å². The van der Waals surface area contributed by atoms with E-state index in [0.29, 0.717) is 0 Å². The molecule has 0 bridgehead atoms. The van der Waals surface area contributed by atoms with Crippen LogP contribution in [-0.2, 0) is 6.54 Å². The van der Waals surface area contributed by atoms with E-state index in [0.717, 1.165) is 23.8 Å². The van der Waals surface area contributed by atoms with E-state index in [-0.39, 0.29) is 0 Å². The molecule has 0 amide bonds. The average Bonchev–Trinajstić information content (AvgIpc) is 3.02. The van der Waals surface area contributed by atoms with Gasteiger partial charge in [-0.05, 0) is 12.1 Å². The Balaban J connectivity index is 1.95. The van der Waals surface area contributed by atoms with E-state index >= 15 is 0 Å². The van der Waals surface area contributed by atoms with Crippen LogP contribution < -0.4 is 0 Å². The number of thiazole rings is 1. The van der Waals surface area contributed by atoms with E-state index in [2.05, 4.69) is 19.5 Å². The average molecular weight is 242 g/mol. The summed E-state index contributed by atoms with van der Waals surface area (Å²) in [5.74, 6) is 0.874. The Labute approximate surface area is 103 Å². The zero-order chi connectivity index (χ0) is 11.5. The summed E-state index contributed by atoms with van der Waals surface area (Å²) in [6.45, 7) is 0.732. The number of hydrogen-bond donors (Lipinski definition) is 0. The number of imidazole rings is 1. The minimum atomic E-state index is 0.732. The van der Waals surface area contributed by atoms with Crippen LogP contribution in [0.3, 0.4) is 0 Å². The Morgan fingerprint density at radius 1 is 1.12 bits per heavy atom. The van der Waals surface area contributed by atoms with Crippen molar-refractivity contribution >= 4 is 11.3 Å². The summed E-state index contributed by atoms with van der Waals surface area (Å²) < 4.78 is 2.05. The van der Waals surface area contributed by atoms with Gasteiger partial charge in [0.15, 0.2) is 5.82 Å². The van der Waals surface area contributed by atoms with Crippen LogP contribution in [0.2, 0.25) is 0 Å². The number of aromatic nitrogens is 4. The third kappa shape index (κ3) is 2.09. The molecule has 5 heteroatoms. The van der Waals surface area contributed by atoms with Crippen LogP contribution >= 0.6 is 11.3 Å². The normalized spacial score (nSPS) is 10.6. The number of rotatable bonds is 3. The summed E-state index contributed by atoms with van der Waals surface area (Å²) in [7, 11) is 0. The zero-order valence-electron chi connectivity index (χ0n) is 9.02. The minimum Gasteiger partial charge on any atom is -0.324 e. The predicted octanol–water partition coefficient (Wildman–Crippen LogP) is 2.45. The Kier molecular flexibility index (Phi) is 2.67. The van der Waals surface area contributed by atoms with E-state index < -0.39 is 0 Å². The second kappa shape index (κ2) is 4.47. The topological polar surface area (TPSA) is 43.6 Å². The zero-order valence-corrected chi connectivity index (χ0v) is 9.84. The van der Waals surface area contributed by atoms with Crippen molar-refractivity contribution in [3.05, 3.63) is 53.4 Å². The maximum atomic E-state index is 4.34. The van der Waals surface area contributed by atoms with E-state index in [1.807, 2.05) is 35.3 Å². The van der Waals surface area contributed by atoms with Gasteiger partial charge in [0.25, 0.3) is 0 Å². The maximum absolute atomic E-state index is 4.34. The number of hydrogen-bond acceptors (Lipinski definition) is 4. The van der Waals surface area contributed by atoms with Crippen molar-refractivity contribution in [3.63, 3.8) is 0 Å². The van der Waals surface area contributed by atoms with E-state index in [1.54, 1.807) is 23.7 Å². The van der Waals surface area contributed by atoms with Crippen LogP contribution in [0.25, 0.3) is 11.5 Å². The molecule has 3 aromatic heterocycles. The van der Waals surface area contributed by atoms with Gasteiger partial charge in [-0.2, -0.15) is 0 Å². The smallest absolute Gasteiger partial charge is 0.158 e. The lowest BCUT2D eigenvalue weighted by Gasteiger charge is -2.04. The van der Waals surface area contributed by atoms with Gasteiger partial charge in [0.05, 0.1) is 17.7 Å². The van der Waals surface area contributed by atoms with Gasteiger partial charge in [-0.3, -0.25) is 4.98 Å². The molecular weight excluding hydrogens is 232 g/mol. The highest BCUT2D eigenvalue weighted by molar-refractivity contribution is 7.07. The lowest BCUT2D eigenvalue weighted by molar-refractivity contribution is 0.785. The summed E-state index contributed by atoms with van der Waals surface area (Å²) in [5, 5.41) is 2.04. The molecule has 0 atom stereocenters. The molecule has 84 valence electrons. The molecule has 0 fully saturated rings. The van der Waals surface area contributed by atoms with Crippen molar-refractivity contribution in [1.82, 2.24) is 19.5 Å². The fourth-order valence-corrected chi connectivity index (χ4v) is 2.20. The second-order valence-electron chi connectivity index (χ2n) is 3.57. The summed E-state index contributed by atoms with van der Waals surface area (Å²) in [6, 6.07) is 5.82. The first-order chi connectivity index (χ1) is 8.43. The third-order valence-electron chi connectivity index (χ3n) is 2.43. The monoisotopic (exact) mass is 242 g/mol. The minimum absolute atomic E-state index is 0.732. The fraction of sp³-hybridized carbons (Fsp3) is 0.0833. The van der Waals surface area contributed by atoms with Crippen LogP contribution in [0.4, 0.5) is 0 Å². The van der Waals surface area contributed by atoms with Crippen LogP contribution in [-0.4, -0.2) is 19.5 Å². The molecule has 0 aliphatic rings. The van der Waals surface area contributed by atoms with Crippen molar-refractivity contribution in [2.45, 2.75) is 6.54 Å². The first-order valence-corrected chi connectivity index (χ1v) is 6.17. The summed E-state index contributed by atoms with van der Waals surface area (Å²) in [6.07, 6.45) is 5.51. The molecule has 3 rings (SSSR count). The predicted molar refractivity (Wildman–Crippen MR) is 66.7 cm³/mol. The van der Waals surface area contributed by atoms with Crippen LogP contribution in [0.5, 0.6) is 0 Å². The Morgan fingerprint density at radius 2 is 2.12 bits per heavy atom. The maximum Gasteiger partial charge on any atom is 0.158 e. The van der Waals surface area contributed by atoms with Crippen LogP contribution in [0.15, 0.2) is 47.7 Å². The van der Waals surface area contributed by atoms with Gasteiger partial charge in [-0.15, -0.1) is 11.3 Å². The summed E-state index contributed by atoms with van der Waals surface area (Å²) in [4.78, 5) is 12.9. The standard InChI is InChI=1S/C12H10N4S/c1-2-4-13-11(3-1)12-14-5-6-16(12)7-10-8-17-9-15-10/h1-6,8-9H,7H2. The largest absolute Gasteiger partial charge is 0.324 e. The third-order valence-corrected chi connectivity index (χ3v) is 3.06. The second-order valence-corrected chi connectivity index (χ2v) is 4.29. The fourth-order valence-electron chi connectivity index (χ4n) is 1.66. The molecule has 0 spiro atoms. The first kappa shape index (κ1) is 10.2. The van der Waals surface area contributed by atoms with Gasteiger partial charge in [-0.25, -0.2) is 9.97 Å². The van der Waals surface area contributed by atoms with Gasteiger partial charge in [0.2, 0.25) is 0 Å². The molecular formula is C12H10N4S. The van der Waals surface area contributed by atoms with E-state index in [1.165, 1.54) is 0 Å². The van der Waals surface area contributed by atoms with E-state index in [4.69, 9.17) is 0 Å². The quantitative estimate of drug-likeness (QED) is 0.708. The number of nitrogens with zero attached hydrogens (tertiary/aromatic N) is 4. The van der Waals surface area contributed by atoms with Crippen LogP contribution in [0, 0.1) is 0 Å². The van der Waals surface area contributed by atoms with Gasteiger partial charge in [-0.1, -0.05) is 6.07 Å². The first-order valence-electron chi connectivity index (χ1n) is 5.23. The van der Waals surface area contributed by atoms with Crippen molar-refractivity contribution in [2.24, 2.45) is 0 Å².